The highest BCUT2D eigenvalue weighted by Gasteiger charge is 2.44. The topological polar surface area (TPSA) is 102 Å². The molecule has 1 N–H and O–H groups in total. The highest BCUT2D eigenvalue weighted by molar-refractivity contribution is 6.06. The zero-order valence-corrected chi connectivity index (χ0v) is 18.8. The van der Waals surface area contributed by atoms with Crippen LogP contribution in [0.15, 0.2) is 70.7 Å². The molecule has 2 aliphatic heterocycles. The number of rotatable bonds is 3. The number of carbonyl (C=O) groups excluding carboxylic acids is 2. The van der Waals surface area contributed by atoms with Crippen molar-refractivity contribution < 1.29 is 27.2 Å². The molecule has 11 heteroatoms. The zero-order valence-electron chi connectivity index (χ0n) is 18.8. The molecule has 0 bridgehead atoms. The summed E-state index contributed by atoms with van der Waals surface area (Å²) in [6.45, 7) is 0.221. The Morgan fingerprint density at radius 2 is 2.00 bits per heavy atom. The third kappa shape index (κ3) is 3.76. The average molecular weight is 493 g/mol. The minimum atomic E-state index is -4.60. The maximum Gasteiger partial charge on any atom is 0.416 e. The summed E-state index contributed by atoms with van der Waals surface area (Å²) in [5, 5.41) is 12.2. The Hall–Kier alpha value is -4.59. The van der Waals surface area contributed by atoms with Gasteiger partial charge in [0.15, 0.2) is 12.2 Å². The average Bonchev–Trinajstić information content (AvgIpc) is 3.40. The van der Waals surface area contributed by atoms with Gasteiger partial charge in [0.05, 0.1) is 40.7 Å². The van der Waals surface area contributed by atoms with Crippen molar-refractivity contribution in [2.75, 3.05) is 18.5 Å². The number of nitrogens with zero attached hydrogens (tertiary/aromatic N) is 4. The van der Waals surface area contributed by atoms with E-state index in [0.29, 0.717) is 28.1 Å². The Labute approximate surface area is 203 Å². The Morgan fingerprint density at radius 3 is 2.69 bits per heavy atom. The fourth-order valence-electron chi connectivity index (χ4n) is 4.63. The number of benzene rings is 2. The summed E-state index contributed by atoms with van der Waals surface area (Å²) in [5.74, 6) is -0.105. The third-order valence-electron chi connectivity index (χ3n) is 6.23. The molecule has 1 atom stereocenters. The van der Waals surface area contributed by atoms with Crippen molar-refractivity contribution in [3.05, 3.63) is 83.0 Å². The number of aromatic nitrogens is 1. The van der Waals surface area contributed by atoms with Gasteiger partial charge in [0.1, 0.15) is 0 Å². The van der Waals surface area contributed by atoms with Crippen molar-refractivity contribution in [2.24, 2.45) is 0 Å². The van der Waals surface area contributed by atoms with Gasteiger partial charge in [-0.05, 0) is 35.9 Å². The summed E-state index contributed by atoms with van der Waals surface area (Å²) in [7, 11) is 1.47. The van der Waals surface area contributed by atoms with Crippen molar-refractivity contribution in [1.29, 1.82) is 5.26 Å². The van der Waals surface area contributed by atoms with Crippen LogP contribution >= 0.6 is 0 Å². The van der Waals surface area contributed by atoms with Gasteiger partial charge >= 0.3 is 12.2 Å². The van der Waals surface area contributed by atoms with Gasteiger partial charge in [0.2, 0.25) is 0 Å². The van der Waals surface area contributed by atoms with E-state index in [0.717, 1.165) is 17.0 Å². The monoisotopic (exact) mass is 493 g/mol. The van der Waals surface area contributed by atoms with Crippen LogP contribution in [0.3, 0.4) is 0 Å². The minimum Gasteiger partial charge on any atom is -0.444 e. The van der Waals surface area contributed by atoms with Crippen molar-refractivity contribution in [1.82, 2.24) is 15.2 Å². The molecule has 5 rings (SSSR count). The number of nitriles is 1. The van der Waals surface area contributed by atoms with Crippen LogP contribution in [0, 0.1) is 11.3 Å². The molecule has 3 heterocycles. The van der Waals surface area contributed by atoms with E-state index in [9.17, 15) is 28.0 Å². The van der Waals surface area contributed by atoms with E-state index in [-0.39, 0.29) is 24.2 Å². The normalized spacial score (nSPS) is 18.1. The molecule has 0 saturated heterocycles. The van der Waals surface area contributed by atoms with E-state index in [4.69, 9.17) is 4.42 Å². The van der Waals surface area contributed by atoms with Gasteiger partial charge in [0, 0.05) is 31.3 Å². The van der Waals surface area contributed by atoms with Gasteiger partial charge in [-0.2, -0.15) is 18.4 Å². The van der Waals surface area contributed by atoms with Gasteiger partial charge in [-0.25, -0.2) is 9.78 Å². The molecule has 0 radical (unpaired) electrons. The third-order valence-corrected chi connectivity index (χ3v) is 6.23. The highest BCUT2D eigenvalue weighted by atomic mass is 19.4. The van der Waals surface area contributed by atoms with E-state index < -0.39 is 29.7 Å². The summed E-state index contributed by atoms with van der Waals surface area (Å²) in [4.78, 5) is 33.2. The number of urea groups is 1. The second-order valence-electron chi connectivity index (χ2n) is 8.33. The molecule has 0 unspecified atom stereocenters. The summed E-state index contributed by atoms with van der Waals surface area (Å²) in [6, 6.07) is 9.80. The Balaban J connectivity index is 1.72. The number of hydrogen-bond acceptors (Lipinski definition) is 5. The van der Waals surface area contributed by atoms with E-state index in [2.05, 4.69) is 16.4 Å². The van der Waals surface area contributed by atoms with Crippen LogP contribution in [0.1, 0.15) is 29.2 Å². The number of anilines is 1. The molecule has 0 fully saturated rings. The predicted octanol–water partition coefficient (Wildman–Crippen LogP) is 4.62. The molecule has 2 aromatic carbocycles. The van der Waals surface area contributed by atoms with Crippen LogP contribution in [0.5, 0.6) is 0 Å². The van der Waals surface area contributed by atoms with Crippen molar-refractivity contribution in [3.8, 4) is 17.4 Å². The minimum absolute atomic E-state index is 0.0117. The van der Waals surface area contributed by atoms with Crippen LogP contribution in [-0.4, -0.2) is 35.4 Å². The first-order valence-electron chi connectivity index (χ1n) is 10.9. The summed E-state index contributed by atoms with van der Waals surface area (Å²) in [5.41, 5.74) is 0.967. The summed E-state index contributed by atoms with van der Waals surface area (Å²) < 4.78 is 45.7. The smallest absolute Gasteiger partial charge is 0.416 e. The van der Waals surface area contributed by atoms with Crippen molar-refractivity contribution >= 4 is 17.6 Å². The lowest BCUT2D eigenvalue weighted by atomic mass is 9.86. The number of amides is 3. The molecule has 0 spiro atoms. The van der Waals surface area contributed by atoms with Gasteiger partial charge in [0.25, 0.3) is 5.91 Å². The number of nitrogens with one attached hydrogen (secondary N) is 1. The van der Waals surface area contributed by atoms with Gasteiger partial charge in [-0.15, -0.1) is 0 Å². The van der Waals surface area contributed by atoms with E-state index in [1.807, 2.05) is 0 Å². The molecule has 0 aliphatic carbocycles. The van der Waals surface area contributed by atoms with Crippen molar-refractivity contribution in [2.45, 2.75) is 18.6 Å². The van der Waals surface area contributed by atoms with Crippen molar-refractivity contribution in [3.63, 3.8) is 0 Å². The number of likely N-dealkylation sites (N-methyl/N-ethyl adjacent to an activating group) is 1. The quantitative estimate of drug-likeness (QED) is 0.574. The zero-order chi connectivity index (χ0) is 25.6. The number of alkyl halides is 3. The number of halogens is 3. The van der Waals surface area contributed by atoms with E-state index in [1.165, 1.54) is 36.7 Å². The Morgan fingerprint density at radius 1 is 1.19 bits per heavy atom. The van der Waals surface area contributed by atoms with Crippen LogP contribution in [0.25, 0.3) is 11.3 Å². The number of carbonyl (C=O) groups is 2. The second-order valence-corrected chi connectivity index (χ2v) is 8.33. The molecular weight excluding hydrogens is 475 g/mol. The summed E-state index contributed by atoms with van der Waals surface area (Å²) >= 11 is 0. The molecular formula is C25H18F3N5O3. The first-order chi connectivity index (χ1) is 17.2. The lowest BCUT2D eigenvalue weighted by molar-refractivity contribution is -0.137. The fraction of sp³-hybridized carbons (Fsp3) is 0.200. The lowest BCUT2D eigenvalue weighted by Gasteiger charge is -2.44. The van der Waals surface area contributed by atoms with Gasteiger partial charge < -0.3 is 14.6 Å². The van der Waals surface area contributed by atoms with Gasteiger partial charge in [-0.3, -0.25) is 9.69 Å². The highest BCUT2D eigenvalue weighted by Crippen LogP contribution is 2.44. The number of oxazole rings is 1. The Bertz CT molecular complexity index is 1440. The molecule has 3 aromatic rings. The van der Waals surface area contributed by atoms with Crippen LogP contribution in [-0.2, 0) is 11.0 Å². The van der Waals surface area contributed by atoms with Crippen LogP contribution < -0.4 is 10.2 Å². The largest absolute Gasteiger partial charge is 0.444 e. The molecule has 3 amide bonds. The predicted molar refractivity (Wildman–Crippen MR) is 121 cm³/mol. The molecule has 1 aromatic heterocycles. The van der Waals surface area contributed by atoms with E-state index in [1.54, 1.807) is 18.2 Å². The van der Waals surface area contributed by atoms with Gasteiger partial charge in [-0.1, -0.05) is 12.1 Å². The SMILES string of the molecule is CN1C(=O)N(c2cccc(C(F)(F)F)c2)C2=C(C(=O)NCC2)[C@@H]1c1ccc(C#N)cc1-c1cnco1. The second kappa shape index (κ2) is 8.57. The molecule has 36 heavy (non-hydrogen) atoms. The molecule has 2 aliphatic rings. The molecule has 0 saturated carbocycles. The van der Waals surface area contributed by atoms with Crippen LogP contribution in [0.4, 0.5) is 23.7 Å². The van der Waals surface area contributed by atoms with Crippen LogP contribution in [0.2, 0.25) is 0 Å². The van der Waals surface area contributed by atoms with E-state index >= 15 is 0 Å². The molecule has 182 valence electrons. The summed E-state index contributed by atoms with van der Waals surface area (Å²) in [6.07, 6.45) is -1.68. The first-order valence-corrected chi connectivity index (χ1v) is 10.9. The fourth-order valence-corrected chi connectivity index (χ4v) is 4.63. The standard InChI is InChI=1S/C25H18F3N5O3/c1-32-22(17-6-5-14(11-29)9-18(17)20-12-30-13-36-20)21-19(7-8-31-23(21)34)33(24(32)35)16-4-2-3-15(10-16)25(26,27)28/h2-6,9-10,12-13,22H,7-8H2,1H3,(H,31,34)/t22-/m0/s1. The molecule has 8 nitrogen and oxygen atoms in total. The Kier molecular flexibility index (Phi) is 5.51. The first kappa shape index (κ1) is 23.2. The number of hydrogen-bond donors (Lipinski definition) is 1. The maximum absolute atomic E-state index is 13.7. The lowest BCUT2D eigenvalue weighted by Crippen LogP contribution is -2.53. The maximum atomic E-state index is 13.7.